The minimum atomic E-state index is -1.95. The molecular formula is C52H79NO18. The van der Waals surface area contributed by atoms with Gasteiger partial charge in [-0.2, -0.15) is 0 Å². The number of aliphatic hydroxyl groups is 5. The minimum absolute atomic E-state index is 0.0212. The maximum Gasteiger partial charge on any atom is 0.340 e. The summed E-state index contributed by atoms with van der Waals surface area (Å²) in [7, 11) is 6.30. The van der Waals surface area contributed by atoms with Gasteiger partial charge in [-0.15, -0.1) is 0 Å². The molecule has 7 aliphatic rings. The molecule has 0 aromatic heterocycles. The van der Waals surface area contributed by atoms with Crippen LogP contribution in [0.2, 0.25) is 0 Å². The van der Waals surface area contributed by atoms with Crippen LogP contribution < -0.4 is 5.32 Å². The Hall–Kier alpha value is -2.86. The van der Waals surface area contributed by atoms with Crippen LogP contribution in [0, 0.1) is 16.7 Å². The fraction of sp³-hybridized carbons (Fsp3) is 0.808. The number of hydrogen-bond donors (Lipinski definition) is 6. The first-order chi connectivity index (χ1) is 33.5. The van der Waals surface area contributed by atoms with Gasteiger partial charge in [0.25, 0.3) is 0 Å². The first-order valence-electron chi connectivity index (χ1n) is 25.4. The third kappa shape index (κ3) is 9.18. The van der Waals surface area contributed by atoms with Gasteiger partial charge in [-0.1, -0.05) is 37.6 Å². The van der Waals surface area contributed by atoms with Crippen molar-refractivity contribution < 1.29 is 87.2 Å². The van der Waals surface area contributed by atoms with Gasteiger partial charge in [0.15, 0.2) is 18.9 Å². The van der Waals surface area contributed by atoms with Crippen molar-refractivity contribution >= 4 is 17.6 Å². The summed E-state index contributed by atoms with van der Waals surface area (Å²) >= 11 is 0. The van der Waals surface area contributed by atoms with Crippen molar-refractivity contribution in [1.29, 1.82) is 0 Å². The highest BCUT2D eigenvalue weighted by Crippen LogP contribution is 2.71. The molecule has 0 spiro atoms. The van der Waals surface area contributed by atoms with Crippen molar-refractivity contribution in [1.82, 2.24) is 0 Å². The highest BCUT2D eigenvalue weighted by molar-refractivity contribution is 5.95. The van der Waals surface area contributed by atoms with E-state index in [1.165, 1.54) is 14.0 Å². The fourth-order valence-electron chi connectivity index (χ4n) is 14.0. The molecule has 6 fully saturated rings. The lowest BCUT2D eigenvalue weighted by molar-refractivity contribution is -0.352. The number of anilines is 1. The largest absolute Gasteiger partial charge is 0.462 e. The van der Waals surface area contributed by atoms with E-state index in [2.05, 4.69) is 12.2 Å². The molecule has 4 aliphatic carbocycles. The highest BCUT2D eigenvalue weighted by atomic mass is 16.8. The predicted molar refractivity (Wildman–Crippen MR) is 253 cm³/mol. The average Bonchev–Trinajstić information content (AvgIpc) is 3.57. The molecule has 8 rings (SSSR count). The molecule has 3 heterocycles. The molecule has 3 saturated carbocycles. The van der Waals surface area contributed by atoms with Crippen molar-refractivity contribution in [3.63, 3.8) is 0 Å². The Balaban J connectivity index is 0.924. The molecule has 400 valence electrons. The maximum absolute atomic E-state index is 13.6. The number of carbonyl (C=O) groups excluding carboxylic acids is 2. The fourth-order valence-corrected chi connectivity index (χ4v) is 14.0. The van der Waals surface area contributed by atoms with Crippen LogP contribution >= 0.6 is 0 Å². The molecule has 1 aromatic rings. The Morgan fingerprint density at radius 3 is 2.04 bits per heavy atom. The summed E-state index contributed by atoms with van der Waals surface area (Å²) in [6.45, 7) is 12.1. The summed E-state index contributed by atoms with van der Waals surface area (Å²) in [5.74, 6) is -1.83. The zero-order valence-electron chi connectivity index (χ0n) is 43.1. The summed E-state index contributed by atoms with van der Waals surface area (Å²) in [5, 5.41) is 63.4. The molecule has 0 amide bonds. The van der Waals surface area contributed by atoms with E-state index in [4.69, 9.17) is 52.1 Å². The van der Waals surface area contributed by atoms with Crippen LogP contribution in [0.4, 0.5) is 5.69 Å². The van der Waals surface area contributed by atoms with Crippen molar-refractivity contribution in [2.45, 2.75) is 221 Å². The summed E-state index contributed by atoms with van der Waals surface area (Å²) in [4.78, 5) is 26.5. The van der Waals surface area contributed by atoms with E-state index in [9.17, 15) is 35.1 Å². The quantitative estimate of drug-likeness (QED) is 0.115. The van der Waals surface area contributed by atoms with Gasteiger partial charge in [0.1, 0.15) is 59.5 Å². The van der Waals surface area contributed by atoms with Crippen molar-refractivity contribution in [3.8, 4) is 0 Å². The summed E-state index contributed by atoms with van der Waals surface area (Å²) in [6.07, 6.45) is -7.16. The Morgan fingerprint density at radius 1 is 0.789 bits per heavy atom. The standard InChI is InChI=1S/C52H79NO18/c1-26-41(55)45(63-11)42(56)47(66-26)71-44-28(3)65-40(24-36(44)62-10)70-43-27(2)64-39(23-35(43)61-9)69-32-17-18-48(6)31(22-32)16-19-51(59)37(48)25-38(68-30(5)54)49(7)50(58,20-21-52(49,51)60)29(4)67-46(57)33-14-12-13-15-34(33)53-8/h12-16,26-29,32,35-45,47,53,55-56,58-60H,17-25H2,1-11H3/t26-,27-,28-,29+,32+,35+,36-,37-,38-,39+,40+,41-,42-,43-,44-,45-,47+,48+,49-,50-,51+,52-/m1/s1. The second-order valence-corrected chi connectivity index (χ2v) is 21.6. The van der Waals surface area contributed by atoms with Gasteiger partial charge in [-0.25, -0.2) is 4.79 Å². The van der Waals surface area contributed by atoms with Gasteiger partial charge in [-0.05, 0) is 90.2 Å². The zero-order chi connectivity index (χ0) is 51.6. The van der Waals surface area contributed by atoms with E-state index in [0.29, 0.717) is 37.8 Å². The van der Waals surface area contributed by atoms with Crippen molar-refractivity contribution in [3.05, 3.63) is 41.5 Å². The maximum atomic E-state index is 13.6. The number of fused-ring (bicyclic) bond motifs is 5. The number of rotatable bonds is 14. The number of esters is 2. The van der Waals surface area contributed by atoms with Crippen LogP contribution in [0.3, 0.4) is 0 Å². The molecule has 3 saturated heterocycles. The minimum Gasteiger partial charge on any atom is -0.462 e. The van der Waals surface area contributed by atoms with Crippen LogP contribution in [0.25, 0.3) is 0 Å². The first-order valence-corrected chi connectivity index (χ1v) is 25.4. The van der Waals surface area contributed by atoms with E-state index in [1.54, 1.807) is 66.3 Å². The van der Waals surface area contributed by atoms with Gasteiger partial charge < -0.3 is 83.0 Å². The molecule has 6 N–H and O–H groups in total. The van der Waals surface area contributed by atoms with Crippen LogP contribution in [-0.2, 0) is 56.9 Å². The number of para-hydroxylation sites is 1. The average molecular weight is 1010 g/mol. The molecule has 71 heavy (non-hydrogen) atoms. The van der Waals surface area contributed by atoms with Crippen LogP contribution in [0.5, 0.6) is 0 Å². The van der Waals surface area contributed by atoms with E-state index >= 15 is 0 Å². The Labute approximate surface area is 417 Å². The zero-order valence-corrected chi connectivity index (χ0v) is 43.1. The third-order valence-electron chi connectivity index (χ3n) is 18.1. The number of benzene rings is 1. The number of hydrogen-bond acceptors (Lipinski definition) is 19. The van der Waals surface area contributed by atoms with Crippen molar-refractivity contribution in [2.24, 2.45) is 16.7 Å². The number of aliphatic hydroxyl groups excluding tert-OH is 2. The molecular weight excluding hydrogens is 927 g/mol. The number of methoxy groups -OCH3 is 3. The normalized spacial score (nSPS) is 47.0. The molecule has 3 aliphatic heterocycles. The van der Waals surface area contributed by atoms with Crippen LogP contribution in [0.15, 0.2) is 35.9 Å². The molecule has 19 nitrogen and oxygen atoms in total. The second kappa shape index (κ2) is 20.7. The van der Waals surface area contributed by atoms with Crippen molar-refractivity contribution in [2.75, 3.05) is 33.7 Å². The summed E-state index contributed by atoms with van der Waals surface area (Å²) in [6, 6.07) is 6.87. The summed E-state index contributed by atoms with van der Waals surface area (Å²) in [5.41, 5.74) is -5.97. The van der Waals surface area contributed by atoms with Gasteiger partial charge in [0.05, 0.1) is 47.6 Å². The third-order valence-corrected chi connectivity index (χ3v) is 18.1. The van der Waals surface area contributed by atoms with Crippen LogP contribution in [0.1, 0.15) is 117 Å². The second-order valence-electron chi connectivity index (χ2n) is 21.6. The van der Waals surface area contributed by atoms with Crippen LogP contribution in [-0.4, -0.2) is 181 Å². The van der Waals surface area contributed by atoms with E-state index in [0.717, 1.165) is 5.57 Å². The van der Waals surface area contributed by atoms with Gasteiger partial charge in [-0.3, -0.25) is 4.79 Å². The molecule has 22 atom stereocenters. The summed E-state index contributed by atoms with van der Waals surface area (Å²) < 4.78 is 67.5. The van der Waals surface area contributed by atoms with E-state index in [-0.39, 0.29) is 37.4 Å². The lowest BCUT2D eigenvalue weighted by atomic mass is 9.42. The molecule has 1 aromatic carbocycles. The molecule has 0 radical (unpaired) electrons. The Morgan fingerprint density at radius 2 is 1.42 bits per heavy atom. The highest BCUT2D eigenvalue weighted by Gasteiger charge is 2.81. The van der Waals surface area contributed by atoms with Gasteiger partial charge >= 0.3 is 11.9 Å². The Bertz CT molecular complexity index is 2100. The monoisotopic (exact) mass is 1010 g/mol. The number of carbonyl (C=O) groups is 2. The molecule has 0 unspecified atom stereocenters. The predicted octanol–water partition coefficient (Wildman–Crippen LogP) is 3.68. The van der Waals surface area contributed by atoms with Gasteiger partial charge in [0.2, 0.25) is 0 Å². The smallest absolute Gasteiger partial charge is 0.340 e. The number of nitrogens with one attached hydrogen (secondary N) is 1. The Kier molecular flexibility index (Phi) is 15.9. The van der Waals surface area contributed by atoms with E-state index in [1.807, 2.05) is 19.9 Å². The van der Waals surface area contributed by atoms with Gasteiger partial charge in [0, 0.05) is 59.7 Å². The topological polar surface area (TPSA) is 249 Å². The lowest BCUT2D eigenvalue weighted by Crippen LogP contribution is -2.78. The SMILES string of the molecule is CNc1ccccc1C(=O)O[C@@H](C)[C@]1(O)CC[C@@]2(O)[C@]1(C)[C@H](OC(C)=O)C[C@@H]1[C@@]3(C)CC[C@H](O[C@H]4C[C@H](OC)[C@H](O[C@H]5C[C@@H](OC)[C@H](O[C@@H]6O[C@H](C)[C@@H](O)[C@@H](OC)[C@H]6O)[C@@H](C)O5)[C@@H](C)O4)CC3=CC[C@]12O. The first kappa shape index (κ1) is 54.4. The molecule has 0 bridgehead atoms. The number of ether oxygens (including phenoxy) is 11. The van der Waals surface area contributed by atoms with E-state index < -0.39 is 138 Å². The molecule has 19 heteroatoms. The lowest BCUT2D eigenvalue weighted by Gasteiger charge is -2.67.